The van der Waals surface area contributed by atoms with Crippen molar-refractivity contribution < 1.29 is 4.79 Å². The zero-order valence-corrected chi connectivity index (χ0v) is 14.9. The van der Waals surface area contributed by atoms with Crippen LogP contribution >= 0.6 is 0 Å². The number of aromatic nitrogens is 2. The number of likely N-dealkylation sites (N-methyl/N-ethyl adjacent to an activating group) is 1. The molecular formula is C19H25N5O. The number of fused-ring (bicyclic) bond motifs is 1. The van der Waals surface area contributed by atoms with Gasteiger partial charge in [-0.3, -0.25) is 4.79 Å². The number of nitrogens with one attached hydrogen (secondary N) is 1. The lowest BCUT2D eigenvalue weighted by Crippen LogP contribution is -2.47. The van der Waals surface area contributed by atoms with Gasteiger partial charge >= 0.3 is 0 Å². The fourth-order valence-corrected chi connectivity index (χ4v) is 4.42. The van der Waals surface area contributed by atoms with Gasteiger partial charge in [0.05, 0.1) is 5.52 Å². The van der Waals surface area contributed by atoms with Crippen molar-refractivity contribution in [1.82, 2.24) is 19.8 Å². The van der Waals surface area contributed by atoms with E-state index >= 15 is 0 Å². The number of carbonyl (C=O) groups excluding carboxylic acids is 1. The Labute approximate surface area is 148 Å². The van der Waals surface area contributed by atoms with Crippen LogP contribution in [0, 0.1) is 0 Å². The van der Waals surface area contributed by atoms with Crippen molar-refractivity contribution in [2.75, 3.05) is 32.5 Å². The first kappa shape index (κ1) is 16.3. The van der Waals surface area contributed by atoms with Crippen LogP contribution in [0.3, 0.4) is 0 Å². The number of carbonyl (C=O) groups is 1. The highest BCUT2D eigenvalue weighted by Crippen LogP contribution is 2.30. The number of nitrogens with zero attached hydrogens (tertiary/aromatic N) is 4. The molecule has 1 aromatic heterocycles. The summed E-state index contributed by atoms with van der Waals surface area (Å²) in [7, 11) is 4.03. The second-order valence-electron chi connectivity index (χ2n) is 7.10. The molecule has 0 radical (unpaired) electrons. The van der Waals surface area contributed by atoms with Gasteiger partial charge in [0, 0.05) is 36.6 Å². The topological polar surface area (TPSA) is 61.4 Å². The maximum atomic E-state index is 13.2. The second kappa shape index (κ2) is 6.59. The van der Waals surface area contributed by atoms with Crippen LogP contribution < -0.4 is 5.32 Å². The van der Waals surface area contributed by atoms with E-state index in [1.54, 1.807) is 0 Å². The summed E-state index contributed by atoms with van der Waals surface area (Å²) in [6.07, 6.45) is 6.18. The third-order valence-corrected chi connectivity index (χ3v) is 5.70. The van der Waals surface area contributed by atoms with E-state index in [9.17, 15) is 4.79 Å². The zero-order valence-electron chi connectivity index (χ0n) is 14.9. The molecule has 0 spiro atoms. The summed E-state index contributed by atoms with van der Waals surface area (Å²) in [5.74, 6) is 0.921. The SMILES string of the molecule is CNc1ncnc2cc(C(=O)N3CCCC3C3CCCN3C)ccc12. The average Bonchev–Trinajstić information content (AvgIpc) is 3.28. The normalized spacial score (nSPS) is 24.2. The second-order valence-corrected chi connectivity index (χ2v) is 7.10. The summed E-state index contributed by atoms with van der Waals surface area (Å²) >= 11 is 0. The number of amides is 1. The summed E-state index contributed by atoms with van der Waals surface area (Å²) in [5, 5.41) is 4.01. The van der Waals surface area contributed by atoms with E-state index in [0.717, 1.165) is 48.2 Å². The van der Waals surface area contributed by atoms with Gasteiger partial charge in [-0.25, -0.2) is 9.97 Å². The van der Waals surface area contributed by atoms with Gasteiger partial charge in [-0.2, -0.15) is 0 Å². The number of rotatable bonds is 3. The predicted octanol–water partition coefficient (Wildman–Crippen LogP) is 2.37. The van der Waals surface area contributed by atoms with Gasteiger partial charge in [0.1, 0.15) is 12.1 Å². The zero-order chi connectivity index (χ0) is 17.4. The number of hydrogen-bond donors (Lipinski definition) is 1. The van der Waals surface area contributed by atoms with Crippen LogP contribution in [-0.2, 0) is 0 Å². The highest BCUT2D eigenvalue weighted by molar-refractivity contribution is 6.00. The molecule has 0 bridgehead atoms. The molecule has 6 nitrogen and oxygen atoms in total. The fourth-order valence-electron chi connectivity index (χ4n) is 4.42. The molecule has 2 aromatic rings. The first-order valence-electron chi connectivity index (χ1n) is 9.13. The van der Waals surface area contributed by atoms with Crippen molar-refractivity contribution in [3.8, 4) is 0 Å². The van der Waals surface area contributed by atoms with Gasteiger partial charge < -0.3 is 15.1 Å². The third kappa shape index (κ3) is 2.84. The molecule has 2 fully saturated rings. The van der Waals surface area contributed by atoms with Crippen molar-refractivity contribution in [1.29, 1.82) is 0 Å². The Bertz CT molecular complexity index is 792. The largest absolute Gasteiger partial charge is 0.373 e. The Kier molecular flexibility index (Phi) is 4.29. The Morgan fingerprint density at radius 2 is 1.96 bits per heavy atom. The number of anilines is 1. The highest BCUT2D eigenvalue weighted by atomic mass is 16.2. The molecule has 4 rings (SSSR count). The van der Waals surface area contributed by atoms with Crippen LogP contribution in [0.15, 0.2) is 24.5 Å². The molecule has 2 saturated heterocycles. The lowest BCUT2D eigenvalue weighted by atomic mass is 10.0. The van der Waals surface area contributed by atoms with E-state index < -0.39 is 0 Å². The maximum Gasteiger partial charge on any atom is 0.254 e. The molecule has 2 unspecified atom stereocenters. The van der Waals surface area contributed by atoms with Gasteiger partial charge in [-0.1, -0.05) is 0 Å². The van der Waals surface area contributed by atoms with E-state index in [-0.39, 0.29) is 5.91 Å². The van der Waals surface area contributed by atoms with E-state index in [1.165, 1.54) is 19.2 Å². The van der Waals surface area contributed by atoms with Crippen LogP contribution in [-0.4, -0.2) is 64.9 Å². The summed E-state index contributed by atoms with van der Waals surface area (Å²) in [4.78, 5) is 26.2. The summed E-state index contributed by atoms with van der Waals surface area (Å²) in [6, 6.07) is 6.59. The number of hydrogen-bond acceptors (Lipinski definition) is 5. The summed E-state index contributed by atoms with van der Waals surface area (Å²) in [6.45, 7) is 2.00. The molecule has 2 aliphatic heterocycles. The van der Waals surface area contributed by atoms with Crippen molar-refractivity contribution in [3.63, 3.8) is 0 Å². The van der Waals surface area contributed by atoms with Crippen LogP contribution in [0.4, 0.5) is 5.82 Å². The molecule has 6 heteroatoms. The molecule has 0 saturated carbocycles. The number of benzene rings is 1. The third-order valence-electron chi connectivity index (χ3n) is 5.70. The quantitative estimate of drug-likeness (QED) is 0.930. The van der Waals surface area contributed by atoms with Crippen LogP contribution in [0.1, 0.15) is 36.0 Å². The minimum Gasteiger partial charge on any atom is -0.373 e. The van der Waals surface area contributed by atoms with Crippen molar-refractivity contribution in [3.05, 3.63) is 30.1 Å². The van der Waals surface area contributed by atoms with Crippen molar-refractivity contribution >= 4 is 22.6 Å². The van der Waals surface area contributed by atoms with E-state index in [1.807, 2.05) is 25.2 Å². The molecule has 2 aliphatic rings. The highest BCUT2D eigenvalue weighted by Gasteiger charge is 2.38. The smallest absolute Gasteiger partial charge is 0.254 e. The van der Waals surface area contributed by atoms with Crippen molar-refractivity contribution in [2.45, 2.75) is 37.8 Å². The lowest BCUT2D eigenvalue weighted by Gasteiger charge is -2.33. The Hall–Kier alpha value is -2.21. The van der Waals surface area contributed by atoms with Gasteiger partial charge in [-0.15, -0.1) is 0 Å². The first-order chi connectivity index (χ1) is 12.2. The number of likely N-dealkylation sites (tertiary alicyclic amines) is 2. The Morgan fingerprint density at radius 1 is 1.16 bits per heavy atom. The molecule has 0 aliphatic carbocycles. The average molecular weight is 339 g/mol. The first-order valence-corrected chi connectivity index (χ1v) is 9.13. The molecule has 1 N–H and O–H groups in total. The van der Waals surface area contributed by atoms with Gasteiger partial charge in [0.2, 0.25) is 0 Å². The van der Waals surface area contributed by atoms with E-state index in [0.29, 0.717) is 12.1 Å². The monoisotopic (exact) mass is 339 g/mol. The van der Waals surface area contributed by atoms with Crippen LogP contribution in [0.5, 0.6) is 0 Å². The van der Waals surface area contributed by atoms with Gasteiger partial charge in [0.15, 0.2) is 0 Å². The van der Waals surface area contributed by atoms with E-state index in [4.69, 9.17) is 0 Å². The van der Waals surface area contributed by atoms with Crippen molar-refractivity contribution in [2.24, 2.45) is 0 Å². The molecule has 3 heterocycles. The molecular weight excluding hydrogens is 314 g/mol. The Morgan fingerprint density at radius 3 is 2.72 bits per heavy atom. The van der Waals surface area contributed by atoms with Crippen LogP contribution in [0.25, 0.3) is 10.9 Å². The minimum absolute atomic E-state index is 0.134. The molecule has 2 atom stereocenters. The van der Waals surface area contributed by atoms with Crippen LogP contribution in [0.2, 0.25) is 0 Å². The van der Waals surface area contributed by atoms with Gasteiger partial charge in [-0.05, 0) is 57.5 Å². The Balaban J connectivity index is 1.62. The minimum atomic E-state index is 0.134. The molecule has 1 amide bonds. The summed E-state index contributed by atoms with van der Waals surface area (Å²) < 4.78 is 0. The fraction of sp³-hybridized carbons (Fsp3) is 0.526. The molecule has 1 aromatic carbocycles. The van der Waals surface area contributed by atoms with Gasteiger partial charge in [0.25, 0.3) is 5.91 Å². The molecule has 132 valence electrons. The lowest BCUT2D eigenvalue weighted by molar-refractivity contribution is 0.0664. The standard InChI is InChI=1S/C19H25N5O/c1-20-18-14-8-7-13(11-15(14)21-12-22-18)19(25)24-10-4-6-17(24)16-5-3-9-23(16)2/h7-8,11-12,16-17H,3-6,9-10H2,1-2H3,(H,20,21,22). The van der Waals surface area contributed by atoms with E-state index in [2.05, 4.69) is 32.1 Å². The predicted molar refractivity (Wildman–Crippen MR) is 98.8 cm³/mol. The summed E-state index contributed by atoms with van der Waals surface area (Å²) in [5.41, 5.74) is 1.53. The maximum absolute atomic E-state index is 13.2. The molecule has 25 heavy (non-hydrogen) atoms.